The Morgan fingerprint density at radius 2 is 2.00 bits per heavy atom. The first-order valence-electron chi connectivity index (χ1n) is 7.97. The number of hydrogen-bond acceptors (Lipinski definition) is 5. The summed E-state index contributed by atoms with van der Waals surface area (Å²) in [7, 11) is 1.31. The molecule has 0 bridgehead atoms. The zero-order valence-corrected chi connectivity index (χ0v) is 13.7. The van der Waals surface area contributed by atoms with Crippen molar-refractivity contribution in [3.63, 3.8) is 0 Å². The van der Waals surface area contributed by atoms with E-state index in [1.165, 1.54) is 13.2 Å². The molecule has 1 aromatic carbocycles. The monoisotopic (exact) mass is 333 g/mol. The summed E-state index contributed by atoms with van der Waals surface area (Å²) in [4.78, 5) is 23.8. The SMILES string of the molecule is COC(=O)c1cccc(OC(=O)[C@H]2CC[C@H](CNC(=N)N)CC2)c1. The minimum absolute atomic E-state index is 0.0259. The summed E-state index contributed by atoms with van der Waals surface area (Å²) in [5.41, 5.74) is 5.63. The van der Waals surface area contributed by atoms with Crippen molar-refractivity contribution in [2.45, 2.75) is 25.7 Å². The predicted octanol–water partition coefficient (Wildman–Crippen LogP) is 1.67. The van der Waals surface area contributed by atoms with Gasteiger partial charge >= 0.3 is 11.9 Å². The van der Waals surface area contributed by atoms with E-state index < -0.39 is 5.97 Å². The van der Waals surface area contributed by atoms with Crippen LogP contribution >= 0.6 is 0 Å². The summed E-state index contributed by atoms with van der Waals surface area (Å²) in [6.45, 7) is 0.665. The van der Waals surface area contributed by atoms with Crippen LogP contribution in [0.25, 0.3) is 0 Å². The minimum Gasteiger partial charge on any atom is -0.465 e. The van der Waals surface area contributed by atoms with Crippen LogP contribution in [0, 0.1) is 17.2 Å². The largest absolute Gasteiger partial charge is 0.465 e. The third-order valence-electron chi connectivity index (χ3n) is 4.23. The highest BCUT2D eigenvalue weighted by Crippen LogP contribution is 2.29. The number of rotatable bonds is 5. The van der Waals surface area contributed by atoms with Gasteiger partial charge in [-0.3, -0.25) is 10.2 Å². The number of nitrogens with two attached hydrogens (primary N) is 1. The van der Waals surface area contributed by atoms with Crippen LogP contribution < -0.4 is 15.8 Å². The summed E-state index contributed by atoms with van der Waals surface area (Å²) in [6.07, 6.45) is 3.28. The summed E-state index contributed by atoms with van der Waals surface area (Å²) in [5, 5.41) is 9.99. The lowest BCUT2D eigenvalue weighted by molar-refractivity contribution is -0.140. The smallest absolute Gasteiger partial charge is 0.337 e. The topological polar surface area (TPSA) is 114 Å². The minimum atomic E-state index is -0.466. The second kappa shape index (κ2) is 8.33. The highest BCUT2D eigenvalue weighted by Gasteiger charge is 2.27. The van der Waals surface area contributed by atoms with E-state index >= 15 is 0 Å². The Kier molecular flexibility index (Phi) is 6.17. The molecule has 24 heavy (non-hydrogen) atoms. The molecule has 7 nitrogen and oxygen atoms in total. The highest BCUT2D eigenvalue weighted by molar-refractivity contribution is 5.90. The fourth-order valence-electron chi connectivity index (χ4n) is 2.86. The molecule has 1 fully saturated rings. The molecule has 130 valence electrons. The lowest BCUT2D eigenvalue weighted by Gasteiger charge is -2.27. The quantitative estimate of drug-likeness (QED) is 0.327. The molecule has 0 aliphatic heterocycles. The number of guanidine groups is 1. The van der Waals surface area contributed by atoms with E-state index in [0.717, 1.165) is 25.7 Å². The summed E-state index contributed by atoms with van der Waals surface area (Å²) >= 11 is 0. The lowest BCUT2D eigenvalue weighted by Crippen LogP contribution is -2.36. The van der Waals surface area contributed by atoms with Crippen LogP contribution in [0.5, 0.6) is 5.75 Å². The van der Waals surface area contributed by atoms with E-state index in [-0.39, 0.29) is 17.8 Å². The first-order valence-corrected chi connectivity index (χ1v) is 7.97. The molecule has 1 aromatic rings. The van der Waals surface area contributed by atoms with E-state index in [1.54, 1.807) is 18.2 Å². The van der Waals surface area contributed by atoms with Gasteiger partial charge in [0.1, 0.15) is 5.75 Å². The van der Waals surface area contributed by atoms with Gasteiger partial charge in [0, 0.05) is 6.54 Å². The third kappa shape index (κ3) is 4.97. The maximum atomic E-state index is 12.3. The Bertz CT molecular complexity index is 610. The average Bonchev–Trinajstić information content (AvgIpc) is 2.59. The number of ether oxygens (including phenoxy) is 2. The van der Waals surface area contributed by atoms with Crippen LogP contribution in [0.3, 0.4) is 0 Å². The van der Waals surface area contributed by atoms with E-state index in [9.17, 15) is 9.59 Å². The molecule has 1 aliphatic rings. The van der Waals surface area contributed by atoms with Gasteiger partial charge in [-0.25, -0.2) is 4.79 Å². The molecular weight excluding hydrogens is 310 g/mol. The molecular formula is C17H23N3O4. The van der Waals surface area contributed by atoms with Crippen molar-refractivity contribution in [1.82, 2.24) is 5.32 Å². The molecule has 1 aliphatic carbocycles. The maximum absolute atomic E-state index is 12.3. The third-order valence-corrected chi connectivity index (χ3v) is 4.23. The standard InChI is InChI=1S/C17H23N3O4/c1-23-15(21)13-3-2-4-14(9-13)24-16(22)12-7-5-11(6-8-12)10-20-17(18)19/h2-4,9,11-12H,5-8,10H2,1H3,(H4,18,19,20)/t11-,12-. The molecule has 7 heteroatoms. The van der Waals surface area contributed by atoms with Crippen molar-refractivity contribution < 1.29 is 19.1 Å². The van der Waals surface area contributed by atoms with E-state index in [2.05, 4.69) is 10.1 Å². The number of hydrogen-bond donors (Lipinski definition) is 3. The molecule has 4 N–H and O–H groups in total. The number of carbonyl (C=O) groups excluding carboxylic acids is 2. The zero-order chi connectivity index (χ0) is 17.5. The van der Waals surface area contributed by atoms with Crippen molar-refractivity contribution in [2.75, 3.05) is 13.7 Å². The highest BCUT2D eigenvalue weighted by atomic mass is 16.5. The van der Waals surface area contributed by atoms with Gasteiger partial charge in [0.25, 0.3) is 0 Å². The molecule has 0 atom stereocenters. The Hall–Kier alpha value is -2.57. The average molecular weight is 333 g/mol. The van der Waals surface area contributed by atoms with E-state index in [4.69, 9.17) is 15.9 Å². The number of nitrogens with one attached hydrogen (secondary N) is 2. The van der Waals surface area contributed by atoms with Crippen LogP contribution in [0.15, 0.2) is 24.3 Å². The van der Waals surface area contributed by atoms with Crippen LogP contribution in [0.4, 0.5) is 0 Å². The van der Waals surface area contributed by atoms with Crippen molar-refractivity contribution in [3.8, 4) is 5.75 Å². The second-order valence-corrected chi connectivity index (χ2v) is 5.95. The Labute approximate surface area is 141 Å². The van der Waals surface area contributed by atoms with Gasteiger partial charge in [-0.05, 0) is 49.8 Å². The summed E-state index contributed by atoms with van der Waals surface area (Å²) in [6, 6.07) is 6.41. The van der Waals surface area contributed by atoms with Crippen LogP contribution in [0.2, 0.25) is 0 Å². The van der Waals surface area contributed by atoms with Crippen molar-refractivity contribution in [1.29, 1.82) is 5.41 Å². The number of esters is 2. The Morgan fingerprint density at radius 3 is 2.62 bits per heavy atom. The molecule has 2 rings (SSSR count). The van der Waals surface area contributed by atoms with E-state index in [1.807, 2.05) is 0 Å². The van der Waals surface area contributed by atoms with Gasteiger partial charge in [-0.15, -0.1) is 0 Å². The van der Waals surface area contributed by atoms with Crippen LogP contribution in [-0.4, -0.2) is 31.6 Å². The first kappa shape index (κ1) is 17.8. The van der Waals surface area contributed by atoms with Crippen molar-refractivity contribution >= 4 is 17.9 Å². The zero-order valence-electron chi connectivity index (χ0n) is 13.7. The van der Waals surface area contributed by atoms with Crippen molar-refractivity contribution in [3.05, 3.63) is 29.8 Å². The number of methoxy groups -OCH3 is 1. The van der Waals surface area contributed by atoms with E-state index in [0.29, 0.717) is 23.8 Å². The molecule has 0 spiro atoms. The van der Waals surface area contributed by atoms with Gasteiger partial charge in [0.05, 0.1) is 18.6 Å². The molecule has 0 unspecified atom stereocenters. The first-order chi connectivity index (χ1) is 11.5. The summed E-state index contributed by atoms with van der Waals surface area (Å²) < 4.78 is 10.1. The second-order valence-electron chi connectivity index (χ2n) is 5.95. The maximum Gasteiger partial charge on any atom is 0.337 e. The normalized spacial score (nSPS) is 20.0. The van der Waals surface area contributed by atoms with Crippen molar-refractivity contribution in [2.24, 2.45) is 17.6 Å². The number of carbonyl (C=O) groups is 2. The fraction of sp³-hybridized carbons (Fsp3) is 0.471. The fourth-order valence-corrected chi connectivity index (χ4v) is 2.86. The van der Waals surface area contributed by atoms with Crippen LogP contribution in [-0.2, 0) is 9.53 Å². The molecule has 1 saturated carbocycles. The molecule has 0 radical (unpaired) electrons. The van der Waals surface area contributed by atoms with Gasteiger partial charge in [-0.2, -0.15) is 0 Å². The van der Waals surface area contributed by atoms with Gasteiger partial charge in [-0.1, -0.05) is 6.07 Å². The molecule has 0 amide bonds. The number of benzene rings is 1. The van der Waals surface area contributed by atoms with Gasteiger partial charge < -0.3 is 20.5 Å². The lowest BCUT2D eigenvalue weighted by atomic mass is 9.82. The summed E-state index contributed by atoms with van der Waals surface area (Å²) in [5.74, 6) is -0.132. The molecule has 0 heterocycles. The predicted molar refractivity (Wildman–Crippen MR) is 88.8 cm³/mol. The van der Waals surface area contributed by atoms with Crippen LogP contribution in [0.1, 0.15) is 36.0 Å². The van der Waals surface area contributed by atoms with Gasteiger partial charge in [0.15, 0.2) is 5.96 Å². The molecule has 0 aromatic heterocycles. The Morgan fingerprint density at radius 1 is 1.29 bits per heavy atom. The Balaban J connectivity index is 1.85. The van der Waals surface area contributed by atoms with Gasteiger partial charge in [0.2, 0.25) is 0 Å². The molecule has 0 saturated heterocycles.